The van der Waals surface area contributed by atoms with Gasteiger partial charge < -0.3 is 14.2 Å². The Bertz CT molecular complexity index is 1030. The van der Waals surface area contributed by atoms with E-state index in [0.717, 1.165) is 5.69 Å². The van der Waals surface area contributed by atoms with Crippen LogP contribution >= 0.6 is 0 Å². The van der Waals surface area contributed by atoms with E-state index in [1.54, 1.807) is 25.3 Å². The number of amides is 1. The maximum absolute atomic E-state index is 13.1. The van der Waals surface area contributed by atoms with Crippen molar-refractivity contribution in [1.82, 2.24) is 20.1 Å². The molecule has 2 aromatic heterocycles. The van der Waals surface area contributed by atoms with E-state index in [1.165, 1.54) is 0 Å². The number of carbonyl (C=O) groups is 1. The van der Waals surface area contributed by atoms with Crippen LogP contribution in [0, 0.1) is 18.3 Å². The van der Waals surface area contributed by atoms with Crippen LogP contribution in [0.3, 0.4) is 0 Å². The zero-order valence-corrected chi connectivity index (χ0v) is 15.4. The largest absolute Gasteiger partial charge is 0.421 e. The molecule has 0 unspecified atom stereocenters. The molecule has 0 atom stereocenters. The summed E-state index contributed by atoms with van der Waals surface area (Å²) in [5.41, 5.74) is 2.55. The van der Waals surface area contributed by atoms with Crippen LogP contribution in [-0.2, 0) is 0 Å². The molecule has 3 aromatic rings. The van der Waals surface area contributed by atoms with Gasteiger partial charge in [0.05, 0.1) is 23.0 Å². The van der Waals surface area contributed by atoms with Gasteiger partial charge in [-0.1, -0.05) is 12.1 Å². The number of rotatable bonds is 3. The Balaban J connectivity index is 1.48. The van der Waals surface area contributed by atoms with Gasteiger partial charge in [0.15, 0.2) is 0 Å². The van der Waals surface area contributed by atoms with E-state index in [9.17, 15) is 4.79 Å². The van der Waals surface area contributed by atoms with Gasteiger partial charge in [0.2, 0.25) is 11.8 Å². The van der Waals surface area contributed by atoms with E-state index in [0.29, 0.717) is 54.8 Å². The number of pyridine rings is 1. The first-order chi connectivity index (χ1) is 13.7. The summed E-state index contributed by atoms with van der Waals surface area (Å²) >= 11 is 0. The second-order valence-electron chi connectivity index (χ2n) is 6.46. The van der Waals surface area contributed by atoms with E-state index >= 15 is 0 Å². The Hall–Kier alpha value is -3.73. The van der Waals surface area contributed by atoms with Crippen LogP contribution in [0.25, 0.3) is 11.5 Å². The monoisotopic (exact) mass is 374 g/mol. The third kappa shape index (κ3) is 3.42. The predicted octanol–water partition coefficient (Wildman–Crippen LogP) is 2.27. The topological polar surface area (TPSA) is 99.2 Å². The maximum atomic E-state index is 13.1. The summed E-state index contributed by atoms with van der Waals surface area (Å²) in [6.07, 6.45) is 1.70. The van der Waals surface area contributed by atoms with Gasteiger partial charge in [0.1, 0.15) is 11.8 Å². The molecule has 1 aliphatic heterocycles. The van der Waals surface area contributed by atoms with Crippen molar-refractivity contribution in [2.75, 3.05) is 31.1 Å². The minimum Gasteiger partial charge on any atom is -0.421 e. The highest BCUT2D eigenvalue weighted by molar-refractivity contribution is 6.00. The van der Waals surface area contributed by atoms with E-state index < -0.39 is 0 Å². The van der Waals surface area contributed by atoms with Crippen LogP contribution in [0.2, 0.25) is 0 Å². The summed E-state index contributed by atoms with van der Waals surface area (Å²) in [4.78, 5) is 21.2. The summed E-state index contributed by atoms with van der Waals surface area (Å²) in [7, 11) is 0. The summed E-state index contributed by atoms with van der Waals surface area (Å²) in [5.74, 6) is 0.759. The number of aryl methyl sites for hydroxylation is 1. The lowest BCUT2D eigenvalue weighted by atomic mass is 10.1. The molecule has 8 heteroatoms. The molecule has 1 amide bonds. The first-order valence-corrected chi connectivity index (χ1v) is 8.95. The molecule has 8 nitrogen and oxygen atoms in total. The second kappa shape index (κ2) is 7.48. The number of carbonyl (C=O) groups excluding carboxylic acids is 1. The van der Waals surface area contributed by atoms with Crippen molar-refractivity contribution in [3.8, 4) is 17.5 Å². The lowest BCUT2D eigenvalue weighted by molar-refractivity contribution is 0.0747. The Labute approximate surface area is 162 Å². The highest BCUT2D eigenvalue weighted by atomic mass is 16.4. The maximum Gasteiger partial charge on any atom is 0.254 e. The zero-order valence-electron chi connectivity index (χ0n) is 15.4. The lowest BCUT2D eigenvalue weighted by Gasteiger charge is -2.36. The summed E-state index contributed by atoms with van der Waals surface area (Å²) < 4.78 is 5.51. The molecule has 0 saturated carbocycles. The number of hydrogen-bond donors (Lipinski definition) is 0. The number of aromatic nitrogens is 3. The molecule has 28 heavy (non-hydrogen) atoms. The average Bonchev–Trinajstić information content (AvgIpc) is 3.19. The molecule has 4 rings (SSSR count). The Kier molecular flexibility index (Phi) is 4.72. The predicted molar refractivity (Wildman–Crippen MR) is 102 cm³/mol. The molecular weight excluding hydrogens is 356 g/mol. The highest BCUT2D eigenvalue weighted by Crippen LogP contribution is 2.24. The van der Waals surface area contributed by atoms with E-state index in [-0.39, 0.29) is 5.91 Å². The molecular formula is C20H18N6O2. The van der Waals surface area contributed by atoms with Crippen molar-refractivity contribution in [3.05, 3.63) is 59.7 Å². The average molecular weight is 374 g/mol. The third-order valence-corrected chi connectivity index (χ3v) is 4.71. The van der Waals surface area contributed by atoms with Gasteiger partial charge in [-0.15, -0.1) is 10.2 Å². The summed E-state index contributed by atoms with van der Waals surface area (Å²) in [6.45, 7) is 4.30. The molecule has 1 saturated heterocycles. The third-order valence-electron chi connectivity index (χ3n) is 4.71. The molecule has 0 N–H and O–H groups in total. The van der Waals surface area contributed by atoms with Crippen molar-refractivity contribution in [3.63, 3.8) is 0 Å². The SMILES string of the molecule is Cc1nnc(-c2ccccc2C(=O)N2CCN(c3ccc(C#N)nc3)CC2)o1. The molecule has 3 heterocycles. The number of benzene rings is 1. The molecule has 0 radical (unpaired) electrons. The van der Waals surface area contributed by atoms with Crippen molar-refractivity contribution < 1.29 is 9.21 Å². The Morgan fingerprint density at radius 1 is 1.11 bits per heavy atom. The first kappa shape index (κ1) is 17.7. The van der Waals surface area contributed by atoms with Crippen LogP contribution in [0.4, 0.5) is 5.69 Å². The number of nitriles is 1. The second-order valence-corrected chi connectivity index (χ2v) is 6.46. The van der Waals surface area contributed by atoms with E-state index in [4.69, 9.17) is 9.68 Å². The van der Waals surface area contributed by atoms with Gasteiger partial charge >= 0.3 is 0 Å². The van der Waals surface area contributed by atoms with Crippen molar-refractivity contribution in [2.24, 2.45) is 0 Å². The lowest BCUT2D eigenvalue weighted by Crippen LogP contribution is -2.48. The fourth-order valence-electron chi connectivity index (χ4n) is 3.24. The Morgan fingerprint density at radius 3 is 2.54 bits per heavy atom. The fourth-order valence-corrected chi connectivity index (χ4v) is 3.24. The number of nitrogens with zero attached hydrogens (tertiary/aromatic N) is 6. The minimum absolute atomic E-state index is 0.0518. The molecule has 140 valence electrons. The van der Waals surface area contributed by atoms with Crippen LogP contribution in [-0.4, -0.2) is 52.2 Å². The van der Waals surface area contributed by atoms with Crippen LogP contribution in [0.1, 0.15) is 21.9 Å². The van der Waals surface area contributed by atoms with Crippen LogP contribution < -0.4 is 4.90 Å². The van der Waals surface area contributed by atoms with Gasteiger partial charge in [-0.25, -0.2) is 4.98 Å². The van der Waals surface area contributed by atoms with Crippen LogP contribution in [0.15, 0.2) is 47.0 Å². The summed E-state index contributed by atoms with van der Waals surface area (Å²) in [5, 5.41) is 16.8. The summed E-state index contributed by atoms with van der Waals surface area (Å²) in [6, 6.07) is 12.9. The van der Waals surface area contributed by atoms with Gasteiger partial charge in [0.25, 0.3) is 5.91 Å². The number of piperazine rings is 1. The van der Waals surface area contributed by atoms with E-state index in [2.05, 4.69) is 20.1 Å². The Morgan fingerprint density at radius 2 is 1.89 bits per heavy atom. The molecule has 0 spiro atoms. The van der Waals surface area contributed by atoms with E-state index in [1.807, 2.05) is 35.2 Å². The van der Waals surface area contributed by atoms with Gasteiger partial charge in [-0.2, -0.15) is 5.26 Å². The fraction of sp³-hybridized carbons (Fsp3) is 0.250. The number of hydrogen-bond acceptors (Lipinski definition) is 7. The molecule has 0 bridgehead atoms. The first-order valence-electron chi connectivity index (χ1n) is 8.95. The van der Waals surface area contributed by atoms with Gasteiger partial charge in [-0.3, -0.25) is 4.79 Å². The van der Waals surface area contributed by atoms with Crippen molar-refractivity contribution in [1.29, 1.82) is 5.26 Å². The quantitative estimate of drug-likeness (QED) is 0.693. The molecule has 1 aliphatic rings. The normalized spacial score (nSPS) is 14.0. The smallest absolute Gasteiger partial charge is 0.254 e. The molecule has 0 aliphatic carbocycles. The van der Waals surface area contributed by atoms with Gasteiger partial charge in [0, 0.05) is 33.1 Å². The standard InChI is InChI=1S/C20H18N6O2/c1-14-23-24-19(28-14)17-4-2-3-5-18(17)20(27)26-10-8-25(9-11-26)16-7-6-15(12-21)22-13-16/h2-7,13H,8-11H2,1H3. The minimum atomic E-state index is -0.0518. The molecule has 1 aromatic carbocycles. The van der Waals surface area contributed by atoms with Crippen molar-refractivity contribution in [2.45, 2.75) is 6.92 Å². The molecule has 1 fully saturated rings. The van der Waals surface area contributed by atoms with Crippen molar-refractivity contribution >= 4 is 11.6 Å². The zero-order chi connectivity index (χ0) is 19.5. The van der Waals surface area contributed by atoms with Gasteiger partial charge in [-0.05, 0) is 24.3 Å². The number of anilines is 1. The highest BCUT2D eigenvalue weighted by Gasteiger charge is 2.25. The van der Waals surface area contributed by atoms with Crippen LogP contribution in [0.5, 0.6) is 0 Å².